The Bertz CT molecular complexity index is 1030. The van der Waals surface area contributed by atoms with Gasteiger partial charge in [-0.3, -0.25) is 18.6 Å². The van der Waals surface area contributed by atoms with E-state index in [9.17, 15) is 19.0 Å². The Morgan fingerprint density at radius 1 is 0.633 bits per heavy atom. The van der Waals surface area contributed by atoms with Gasteiger partial charge in [0.05, 0.1) is 13.2 Å². The first kappa shape index (κ1) is 46.5. The monoisotopic (exact) mass is 707 g/mol. The summed E-state index contributed by atoms with van der Waals surface area (Å²) in [5.41, 5.74) is 5.32. The molecule has 0 aliphatic heterocycles. The molecule has 0 fully saturated rings. The normalized spacial score (nSPS) is 14.3. The van der Waals surface area contributed by atoms with E-state index in [1.807, 2.05) is 6.08 Å². The van der Waals surface area contributed by atoms with E-state index in [-0.39, 0.29) is 32.6 Å². The maximum atomic E-state index is 12.5. The molecule has 0 heterocycles. The minimum Gasteiger partial charge on any atom is -0.462 e. The summed E-state index contributed by atoms with van der Waals surface area (Å²) in [5.74, 6) is -0.919. The standard InChI is InChI=1S/C39H66NO8P/c1-3-5-7-9-11-13-15-16-17-18-19-20-22-23-25-27-29-31-38(41)45-35-37(36-47-49(43,44)46-34-33-40)48-39(42)32-30-28-26-24-21-14-12-10-8-6-4-2/h5,7,10-13,16-17,19-20,23,25,37H,3-4,6,8-9,14-15,18,21-22,24,26-36,40H2,1-2H3,(H,43,44)/b7-5+,12-10+,13-11+,17-16+,20-19+,25-23+/t37-/m0/s1. The van der Waals surface area contributed by atoms with E-state index in [1.165, 1.54) is 12.8 Å². The maximum Gasteiger partial charge on any atom is 0.472 e. The van der Waals surface area contributed by atoms with Crippen LogP contribution in [0.4, 0.5) is 0 Å². The fourth-order valence-electron chi connectivity index (χ4n) is 4.35. The van der Waals surface area contributed by atoms with Crippen LogP contribution in [0.5, 0.6) is 0 Å². The van der Waals surface area contributed by atoms with Crippen LogP contribution in [-0.2, 0) is 32.7 Å². The summed E-state index contributed by atoms with van der Waals surface area (Å²) in [6, 6.07) is 0. The number of phosphoric ester groups is 1. The lowest BCUT2D eigenvalue weighted by atomic mass is 10.1. The molecule has 0 aromatic heterocycles. The van der Waals surface area contributed by atoms with Gasteiger partial charge in [-0.2, -0.15) is 0 Å². The molecule has 10 heteroatoms. The number of ether oxygens (including phenoxy) is 2. The molecule has 0 amide bonds. The highest BCUT2D eigenvalue weighted by Gasteiger charge is 2.25. The quantitative estimate of drug-likeness (QED) is 0.0296. The Balaban J connectivity index is 4.36. The van der Waals surface area contributed by atoms with Crippen LogP contribution in [0.25, 0.3) is 0 Å². The number of phosphoric acid groups is 1. The van der Waals surface area contributed by atoms with Gasteiger partial charge in [-0.1, -0.05) is 119 Å². The van der Waals surface area contributed by atoms with Crippen molar-refractivity contribution in [3.63, 3.8) is 0 Å². The zero-order chi connectivity index (χ0) is 36.1. The third-order valence-corrected chi connectivity index (χ3v) is 8.06. The van der Waals surface area contributed by atoms with Crippen molar-refractivity contribution in [3.8, 4) is 0 Å². The SMILES string of the molecule is CC/C=C/C/C=C/C/C=C/C/C=C/C/C=C/CCCC(=O)OC[C@@H](COP(=O)(O)OCCN)OC(=O)CCCCCCC/C=C/CCCC. The van der Waals surface area contributed by atoms with Crippen LogP contribution in [0.1, 0.15) is 129 Å². The number of rotatable bonds is 33. The number of allylic oxidation sites excluding steroid dienone is 12. The summed E-state index contributed by atoms with van der Waals surface area (Å²) in [6.45, 7) is 3.46. The molecule has 49 heavy (non-hydrogen) atoms. The molecule has 3 N–H and O–H groups in total. The minimum atomic E-state index is -4.39. The zero-order valence-corrected chi connectivity index (χ0v) is 31.3. The minimum absolute atomic E-state index is 0.0409. The highest BCUT2D eigenvalue weighted by atomic mass is 31.2. The van der Waals surface area contributed by atoms with Crippen molar-refractivity contribution in [2.24, 2.45) is 5.73 Å². The number of hydrogen-bond donors (Lipinski definition) is 2. The molecule has 0 bridgehead atoms. The molecule has 0 saturated heterocycles. The highest BCUT2D eigenvalue weighted by molar-refractivity contribution is 7.47. The van der Waals surface area contributed by atoms with Gasteiger partial charge in [-0.25, -0.2) is 4.57 Å². The first-order valence-corrected chi connectivity index (χ1v) is 19.9. The number of unbranched alkanes of at least 4 members (excludes halogenated alkanes) is 8. The van der Waals surface area contributed by atoms with Gasteiger partial charge in [0.2, 0.25) is 0 Å². The summed E-state index contributed by atoms with van der Waals surface area (Å²) in [6.07, 6.45) is 40.9. The molecule has 0 aliphatic rings. The van der Waals surface area contributed by atoms with E-state index in [0.29, 0.717) is 12.8 Å². The van der Waals surface area contributed by atoms with Crippen molar-refractivity contribution >= 4 is 19.8 Å². The number of esters is 2. The van der Waals surface area contributed by atoms with Crippen LogP contribution < -0.4 is 5.73 Å². The molecule has 0 radical (unpaired) electrons. The molecule has 0 aliphatic carbocycles. The fourth-order valence-corrected chi connectivity index (χ4v) is 5.12. The van der Waals surface area contributed by atoms with Gasteiger partial charge in [-0.15, -0.1) is 0 Å². The Kier molecular flexibility index (Phi) is 33.4. The summed E-state index contributed by atoms with van der Waals surface area (Å²) < 4.78 is 32.5. The average molecular weight is 708 g/mol. The molecular weight excluding hydrogens is 641 g/mol. The third kappa shape index (κ3) is 35.1. The van der Waals surface area contributed by atoms with Gasteiger partial charge in [0.15, 0.2) is 6.10 Å². The maximum absolute atomic E-state index is 12.5. The van der Waals surface area contributed by atoms with E-state index in [1.54, 1.807) is 0 Å². The average Bonchev–Trinajstić information content (AvgIpc) is 3.08. The Hall–Kier alpha value is -2.55. The fraction of sp³-hybridized carbons (Fsp3) is 0.641. The number of nitrogens with two attached hydrogens (primary N) is 1. The molecule has 0 aromatic carbocycles. The second kappa shape index (κ2) is 35.3. The Morgan fingerprint density at radius 2 is 1.14 bits per heavy atom. The van der Waals surface area contributed by atoms with Crippen LogP contribution in [-0.4, -0.2) is 49.3 Å². The lowest BCUT2D eigenvalue weighted by Crippen LogP contribution is -2.29. The molecule has 0 saturated carbocycles. The summed E-state index contributed by atoms with van der Waals surface area (Å²) >= 11 is 0. The number of hydrogen-bond acceptors (Lipinski definition) is 8. The van der Waals surface area contributed by atoms with Crippen molar-refractivity contribution < 1.29 is 37.6 Å². The second-order valence-corrected chi connectivity index (χ2v) is 13.2. The molecular formula is C39H66NO8P. The lowest BCUT2D eigenvalue weighted by molar-refractivity contribution is -0.161. The molecule has 2 atom stereocenters. The van der Waals surface area contributed by atoms with Gasteiger partial charge >= 0.3 is 19.8 Å². The first-order chi connectivity index (χ1) is 23.8. The van der Waals surface area contributed by atoms with Crippen LogP contribution in [0.2, 0.25) is 0 Å². The van der Waals surface area contributed by atoms with Crippen molar-refractivity contribution in [1.82, 2.24) is 0 Å². The topological polar surface area (TPSA) is 134 Å². The first-order valence-electron chi connectivity index (χ1n) is 18.4. The van der Waals surface area contributed by atoms with Gasteiger partial charge in [0.1, 0.15) is 6.61 Å². The molecule has 280 valence electrons. The van der Waals surface area contributed by atoms with E-state index in [4.69, 9.17) is 24.3 Å². The largest absolute Gasteiger partial charge is 0.472 e. The van der Waals surface area contributed by atoms with Gasteiger partial charge in [0, 0.05) is 19.4 Å². The summed E-state index contributed by atoms with van der Waals surface area (Å²) in [7, 11) is -4.39. The van der Waals surface area contributed by atoms with Crippen molar-refractivity contribution in [2.75, 3.05) is 26.4 Å². The van der Waals surface area contributed by atoms with Gasteiger partial charge in [-0.05, 0) is 70.6 Å². The summed E-state index contributed by atoms with van der Waals surface area (Å²) in [5, 5.41) is 0. The molecule has 9 nitrogen and oxygen atoms in total. The van der Waals surface area contributed by atoms with Crippen LogP contribution in [0.3, 0.4) is 0 Å². The molecule has 0 spiro atoms. The predicted octanol–water partition coefficient (Wildman–Crippen LogP) is 9.93. The van der Waals surface area contributed by atoms with E-state index in [0.717, 1.165) is 77.0 Å². The Morgan fingerprint density at radius 3 is 1.76 bits per heavy atom. The Labute approximate surface area is 297 Å². The van der Waals surface area contributed by atoms with E-state index >= 15 is 0 Å². The number of carbonyl (C=O) groups excluding carboxylic acids is 2. The van der Waals surface area contributed by atoms with Crippen LogP contribution in [0, 0.1) is 0 Å². The summed E-state index contributed by atoms with van der Waals surface area (Å²) in [4.78, 5) is 34.6. The highest BCUT2D eigenvalue weighted by Crippen LogP contribution is 2.43. The zero-order valence-electron chi connectivity index (χ0n) is 30.4. The van der Waals surface area contributed by atoms with E-state index < -0.39 is 32.5 Å². The van der Waals surface area contributed by atoms with Gasteiger partial charge in [0.25, 0.3) is 0 Å². The third-order valence-electron chi connectivity index (χ3n) is 7.08. The van der Waals surface area contributed by atoms with Crippen molar-refractivity contribution in [1.29, 1.82) is 0 Å². The number of carbonyl (C=O) groups is 2. The van der Waals surface area contributed by atoms with Crippen molar-refractivity contribution in [2.45, 2.75) is 136 Å². The van der Waals surface area contributed by atoms with E-state index in [2.05, 4.69) is 80.7 Å². The molecule has 0 rings (SSSR count). The van der Waals surface area contributed by atoms with Crippen LogP contribution in [0.15, 0.2) is 72.9 Å². The molecule has 1 unspecified atom stereocenters. The lowest BCUT2D eigenvalue weighted by Gasteiger charge is -2.19. The molecule has 0 aromatic rings. The predicted molar refractivity (Wildman–Crippen MR) is 201 cm³/mol. The smallest absolute Gasteiger partial charge is 0.462 e. The second-order valence-electron chi connectivity index (χ2n) is 11.7. The van der Waals surface area contributed by atoms with Crippen molar-refractivity contribution in [3.05, 3.63) is 72.9 Å². The van der Waals surface area contributed by atoms with Gasteiger partial charge < -0.3 is 20.1 Å². The van der Waals surface area contributed by atoms with Crippen LogP contribution >= 0.6 is 7.82 Å².